The first-order valence-corrected chi connectivity index (χ1v) is 7.08. The molecule has 1 amide bonds. The van der Waals surface area contributed by atoms with Gasteiger partial charge in [-0.25, -0.2) is 4.98 Å². The number of nitrogens with one attached hydrogen (secondary N) is 1. The molecule has 0 aliphatic carbocycles. The van der Waals surface area contributed by atoms with Crippen LogP contribution in [0.1, 0.15) is 45.2 Å². The number of nitrogens with zero attached hydrogens (tertiary/aromatic N) is 1. The van der Waals surface area contributed by atoms with Crippen LogP contribution in [0.4, 0.5) is 5.82 Å². The van der Waals surface area contributed by atoms with Gasteiger partial charge in [0.15, 0.2) is 0 Å². The number of rotatable bonds is 6. The zero-order chi connectivity index (χ0) is 14.8. The molecular weight excluding hydrogens is 252 g/mol. The van der Waals surface area contributed by atoms with Crippen molar-refractivity contribution >= 4 is 11.7 Å². The second-order valence-electron chi connectivity index (χ2n) is 4.63. The maximum absolute atomic E-state index is 12.2. The Hall–Kier alpha value is -1.86. The molecule has 1 rings (SSSR count). The molecule has 4 nitrogen and oxygen atoms in total. The highest BCUT2D eigenvalue weighted by atomic mass is 16.2. The predicted octanol–water partition coefficient (Wildman–Crippen LogP) is 2.58. The summed E-state index contributed by atoms with van der Waals surface area (Å²) >= 11 is 0. The summed E-state index contributed by atoms with van der Waals surface area (Å²) in [7, 11) is 0. The number of amides is 1. The summed E-state index contributed by atoms with van der Waals surface area (Å²) < 4.78 is 0. The second-order valence-corrected chi connectivity index (χ2v) is 4.63. The van der Waals surface area contributed by atoms with Crippen molar-refractivity contribution in [1.82, 2.24) is 4.98 Å². The molecule has 1 aromatic rings. The largest absolute Gasteiger partial charge is 0.384 e. The van der Waals surface area contributed by atoms with Crippen molar-refractivity contribution in [2.24, 2.45) is 5.92 Å². The van der Waals surface area contributed by atoms with Gasteiger partial charge in [0.1, 0.15) is 18.1 Å². The van der Waals surface area contributed by atoms with Crippen LogP contribution in [0, 0.1) is 17.8 Å². The minimum absolute atomic E-state index is 0.0217. The molecule has 0 fully saturated rings. The topological polar surface area (TPSA) is 62.2 Å². The highest BCUT2D eigenvalue weighted by Crippen LogP contribution is 2.16. The average Bonchev–Trinajstić information content (AvgIpc) is 2.45. The molecule has 0 aliphatic heterocycles. The maximum atomic E-state index is 12.2. The summed E-state index contributed by atoms with van der Waals surface area (Å²) in [5.74, 6) is 5.84. The van der Waals surface area contributed by atoms with Gasteiger partial charge in [-0.05, 0) is 30.9 Å². The van der Waals surface area contributed by atoms with E-state index in [9.17, 15) is 4.79 Å². The van der Waals surface area contributed by atoms with E-state index in [4.69, 9.17) is 5.11 Å². The lowest BCUT2D eigenvalue weighted by Gasteiger charge is -2.14. The third kappa shape index (κ3) is 5.41. The van der Waals surface area contributed by atoms with Crippen LogP contribution in [0.5, 0.6) is 0 Å². The lowest BCUT2D eigenvalue weighted by atomic mass is 9.97. The number of hydrogen-bond donors (Lipinski definition) is 2. The van der Waals surface area contributed by atoms with Gasteiger partial charge in [0.25, 0.3) is 0 Å². The van der Waals surface area contributed by atoms with Gasteiger partial charge in [-0.1, -0.05) is 38.7 Å². The van der Waals surface area contributed by atoms with Gasteiger partial charge in [-0.15, -0.1) is 0 Å². The van der Waals surface area contributed by atoms with E-state index in [0.29, 0.717) is 11.5 Å². The molecule has 0 saturated carbocycles. The molecule has 0 unspecified atom stereocenters. The lowest BCUT2D eigenvalue weighted by Crippen LogP contribution is -2.23. The fourth-order valence-corrected chi connectivity index (χ4v) is 2.04. The summed E-state index contributed by atoms with van der Waals surface area (Å²) in [5, 5.41) is 11.5. The smallest absolute Gasteiger partial charge is 0.228 e. The van der Waals surface area contributed by atoms with Gasteiger partial charge >= 0.3 is 0 Å². The number of carbonyl (C=O) groups is 1. The molecule has 108 valence electrons. The van der Waals surface area contributed by atoms with Crippen LogP contribution in [0.25, 0.3) is 0 Å². The number of carbonyl (C=O) groups excluding carboxylic acids is 1. The zero-order valence-electron chi connectivity index (χ0n) is 12.1. The van der Waals surface area contributed by atoms with Crippen LogP contribution in [0.15, 0.2) is 18.2 Å². The van der Waals surface area contributed by atoms with E-state index in [1.165, 1.54) is 0 Å². The first-order chi connectivity index (χ1) is 9.71. The van der Waals surface area contributed by atoms with Crippen molar-refractivity contribution in [3.63, 3.8) is 0 Å². The van der Waals surface area contributed by atoms with E-state index in [1.807, 2.05) is 0 Å². The fraction of sp³-hybridized carbons (Fsp3) is 0.500. The number of hydrogen-bond acceptors (Lipinski definition) is 3. The van der Waals surface area contributed by atoms with E-state index < -0.39 is 0 Å². The van der Waals surface area contributed by atoms with Gasteiger partial charge in [0.05, 0.1) is 0 Å². The summed E-state index contributed by atoms with van der Waals surface area (Å²) in [6.45, 7) is 3.96. The number of anilines is 1. The van der Waals surface area contributed by atoms with E-state index in [1.54, 1.807) is 18.2 Å². The normalized spacial score (nSPS) is 10.0. The summed E-state index contributed by atoms with van der Waals surface area (Å²) in [6.07, 6.45) is 3.77. The summed E-state index contributed by atoms with van der Waals surface area (Å²) in [4.78, 5) is 16.4. The molecule has 0 saturated heterocycles. The van der Waals surface area contributed by atoms with Gasteiger partial charge < -0.3 is 10.4 Å². The Kier molecular flexibility index (Phi) is 7.38. The highest BCUT2D eigenvalue weighted by molar-refractivity contribution is 5.91. The SMILES string of the molecule is CCCC(CCC)C(=O)Nc1cccc(C#CCO)n1. The molecule has 0 radical (unpaired) electrons. The molecule has 4 heteroatoms. The first kappa shape index (κ1) is 16.2. The first-order valence-electron chi connectivity index (χ1n) is 7.08. The Morgan fingerprint density at radius 3 is 2.65 bits per heavy atom. The molecule has 2 N–H and O–H groups in total. The molecule has 0 aromatic carbocycles. The highest BCUT2D eigenvalue weighted by Gasteiger charge is 2.16. The van der Waals surface area contributed by atoms with E-state index >= 15 is 0 Å². The molecular formula is C16H22N2O2. The molecule has 1 heterocycles. The van der Waals surface area contributed by atoms with Crippen molar-refractivity contribution in [3.8, 4) is 11.8 Å². The Bertz CT molecular complexity index is 483. The quantitative estimate of drug-likeness (QED) is 0.784. The maximum Gasteiger partial charge on any atom is 0.228 e. The zero-order valence-corrected chi connectivity index (χ0v) is 12.1. The summed E-state index contributed by atoms with van der Waals surface area (Å²) in [6, 6.07) is 5.28. The van der Waals surface area contributed by atoms with E-state index in [2.05, 4.69) is 36.0 Å². The van der Waals surface area contributed by atoms with Crippen LogP contribution in [-0.2, 0) is 4.79 Å². The van der Waals surface area contributed by atoms with E-state index in [-0.39, 0.29) is 18.4 Å². The Morgan fingerprint density at radius 1 is 1.35 bits per heavy atom. The molecule has 1 aromatic heterocycles. The number of pyridine rings is 1. The van der Waals surface area contributed by atoms with Crippen LogP contribution < -0.4 is 5.32 Å². The minimum atomic E-state index is -0.201. The fourth-order valence-electron chi connectivity index (χ4n) is 2.04. The van der Waals surface area contributed by atoms with Crippen molar-refractivity contribution < 1.29 is 9.90 Å². The Labute approximate surface area is 120 Å². The van der Waals surface area contributed by atoms with Crippen molar-refractivity contribution in [1.29, 1.82) is 0 Å². The minimum Gasteiger partial charge on any atom is -0.384 e. The van der Waals surface area contributed by atoms with E-state index in [0.717, 1.165) is 25.7 Å². The molecule has 0 atom stereocenters. The van der Waals surface area contributed by atoms with Crippen LogP contribution in [0.3, 0.4) is 0 Å². The predicted molar refractivity (Wildman–Crippen MR) is 80.1 cm³/mol. The second kappa shape index (κ2) is 9.11. The van der Waals surface area contributed by atoms with Crippen LogP contribution >= 0.6 is 0 Å². The number of aromatic nitrogens is 1. The third-order valence-corrected chi connectivity index (χ3v) is 2.94. The molecule has 0 aliphatic rings. The molecule has 0 spiro atoms. The van der Waals surface area contributed by atoms with Crippen LogP contribution in [-0.4, -0.2) is 22.6 Å². The number of aliphatic hydroxyl groups excluding tert-OH is 1. The number of aliphatic hydroxyl groups is 1. The Morgan fingerprint density at radius 2 is 2.05 bits per heavy atom. The van der Waals surface area contributed by atoms with Crippen LogP contribution in [0.2, 0.25) is 0 Å². The van der Waals surface area contributed by atoms with Crippen molar-refractivity contribution in [2.75, 3.05) is 11.9 Å². The molecule has 0 bridgehead atoms. The standard InChI is InChI=1S/C16H22N2O2/c1-3-7-13(8-4-2)16(20)18-15-11-5-9-14(17-15)10-6-12-19/h5,9,11,13,19H,3-4,7-8,12H2,1-2H3,(H,17,18,20). The monoisotopic (exact) mass is 274 g/mol. The van der Waals surface area contributed by atoms with Gasteiger partial charge in [-0.3, -0.25) is 4.79 Å². The lowest BCUT2D eigenvalue weighted by molar-refractivity contribution is -0.120. The summed E-state index contributed by atoms with van der Waals surface area (Å²) in [5.41, 5.74) is 0.541. The van der Waals surface area contributed by atoms with Gasteiger partial charge in [0.2, 0.25) is 5.91 Å². The van der Waals surface area contributed by atoms with Gasteiger partial charge in [0, 0.05) is 5.92 Å². The average molecular weight is 274 g/mol. The van der Waals surface area contributed by atoms with Crippen molar-refractivity contribution in [3.05, 3.63) is 23.9 Å². The van der Waals surface area contributed by atoms with Gasteiger partial charge in [-0.2, -0.15) is 0 Å². The van der Waals surface area contributed by atoms with Crippen molar-refractivity contribution in [2.45, 2.75) is 39.5 Å². The Balaban J connectivity index is 2.73. The third-order valence-electron chi connectivity index (χ3n) is 2.94. The molecule has 20 heavy (non-hydrogen) atoms.